The van der Waals surface area contributed by atoms with Crippen molar-refractivity contribution in [2.45, 2.75) is 26.2 Å². The van der Waals surface area contributed by atoms with E-state index in [2.05, 4.69) is 17.4 Å². The Morgan fingerprint density at radius 3 is 2.50 bits per heavy atom. The lowest BCUT2D eigenvalue weighted by atomic mass is 9.83. The van der Waals surface area contributed by atoms with Crippen molar-refractivity contribution in [3.8, 4) is 0 Å². The van der Waals surface area contributed by atoms with E-state index in [-0.39, 0.29) is 17.6 Å². The molecule has 0 radical (unpaired) electrons. The van der Waals surface area contributed by atoms with E-state index in [4.69, 9.17) is 0 Å². The summed E-state index contributed by atoms with van der Waals surface area (Å²) >= 11 is 0. The van der Waals surface area contributed by atoms with Crippen LogP contribution in [-0.2, 0) is 4.79 Å². The standard InChI is InChI=1S/C17H16FNO/c1-10-3-8-14-15(12-4-6-13(18)7-5-12)9-16(20)19-17(14)11(10)2/h3-8,15H,9H2,1-2H3,(H,19,20)/t15-/m1/s1. The molecule has 1 N–H and O–H groups in total. The predicted molar refractivity (Wildman–Crippen MR) is 77.4 cm³/mol. The third kappa shape index (κ3) is 2.09. The first-order valence-electron chi connectivity index (χ1n) is 6.71. The number of hydrogen-bond acceptors (Lipinski definition) is 1. The normalized spacial score (nSPS) is 17.6. The van der Waals surface area contributed by atoms with Crippen molar-refractivity contribution in [1.29, 1.82) is 0 Å². The molecule has 0 saturated heterocycles. The van der Waals surface area contributed by atoms with Crippen LogP contribution in [0, 0.1) is 19.7 Å². The lowest BCUT2D eigenvalue weighted by molar-refractivity contribution is -0.116. The number of nitrogens with one attached hydrogen (secondary N) is 1. The third-order valence-electron chi connectivity index (χ3n) is 4.07. The Morgan fingerprint density at radius 1 is 1.10 bits per heavy atom. The fraction of sp³-hybridized carbons (Fsp3) is 0.235. The molecule has 102 valence electrons. The molecular formula is C17H16FNO. The summed E-state index contributed by atoms with van der Waals surface area (Å²) in [5, 5.41) is 2.97. The average molecular weight is 269 g/mol. The van der Waals surface area contributed by atoms with Crippen molar-refractivity contribution in [2.75, 3.05) is 5.32 Å². The lowest BCUT2D eigenvalue weighted by Crippen LogP contribution is -2.24. The molecule has 3 rings (SSSR count). The van der Waals surface area contributed by atoms with E-state index in [9.17, 15) is 9.18 Å². The summed E-state index contributed by atoms with van der Waals surface area (Å²) in [7, 11) is 0. The molecular weight excluding hydrogens is 253 g/mol. The maximum Gasteiger partial charge on any atom is 0.225 e. The van der Waals surface area contributed by atoms with Crippen molar-refractivity contribution in [1.82, 2.24) is 0 Å². The molecule has 0 bridgehead atoms. The molecule has 1 aliphatic rings. The van der Waals surface area contributed by atoms with E-state index in [1.807, 2.05) is 13.8 Å². The van der Waals surface area contributed by atoms with Gasteiger partial charge in [0, 0.05) is 18.0 Å². The molecule has 2 aromatic rings. The number of hydrogen-bond donors (Lipinski definition) is 1. The van der Waals surface area contributed by atoms with Crippen LogP contribution in [0.25, 0.3) is 0 Å². The van der Waals surface area contributed by atoms with Crippen molar-refractivity contribution in [3.63, 3.8) is 0 Å². The van der Waals surface area contributed by atoms with Crippen molar-refractivity contribution in [3.05, 3.63) is 64.5 Å². The number of amides is 1. The number of anilines is 1. The summed E-state index contributed by atoms with van der Waals surface area (Å²) in [6.45, 7) is 4.05. The molecule has 1 aliphatic heterocycles. The van der Waals surface area contributed by atoms with E-state index in [1.165, 1.54) is 12.1 Å². The Bertz CT molecular complexity index is 676. The topological polar surface area (TPSA) is 29.1 Å². The zero-order valence-electron chi connectivity index (χ0n) is 11.5. The number of halogens is 1. The van der Waals surface area contributed by atoms with Gasteiger partial charge in [-0.15, -0.1) is 0 Å². The molecule has 0 saturated carbocycles. The smallest absolute Gasteiger partial charge is 0.225 e. The van der Waals surface area contributed by atoms with Gasteiger partial charge < -0.3 is 5.32 Å². The lowest BCUT2D eigenvalue weighted by Gasteiger charge is -2.28. The van der Waals surface area contributed by atoms with Crippen LogP contribution in [0.2, 0.25) is 0 Å². The van der Waals surface area contributed by atoms with Gasteiger partial charge in [-0.3, -0.25) is 4.79 Å². The van der Waals surface area contributed by atoms with Crippen molar-refractivity contribution < 1.29 is 9.18 Å². The monoisotopic (exact) mass is 269 g/mol. The zero-order valence-corrected chi connectivity index (χ0v) is 11.5. The highest BCUT2D eigenvalue weighted by Crippen LogP contribution is 2.39. The second-order valence-corrected chi connectivity index (χ2v) is 5.33. The fourth-order valence-electron chi connectivity index (χ4n) is 2.77. The van der Waals surface area contributed by atoms with Gasteiger partial charge >= 0.3 is 0 Å². The largest absolute Gasteiger partial charge is 0.326 e. The van der Waals surface area contributed by atoms with Crippen LogP contribution in [-0.4, -0.2) is 5.91 Å². The van der Waals surface area contributed by atoms with Gasteiger partial charge in [-0.1, -0.05) is 24.3 Å². The van der Waals surface area contributed by atoms with E-state index >= 15 is 0 Å². The number of benzene rings is 2. The molecule has 1 heterocycles. The first-order chi connectivity index (χ1) is 9.56. The minimum atomic E-state index is -0.255. The van der Waals surface area contributed by atoms with Crippen LogP contribution in [0.5, 0.6) is 0 Å². The second kappa shape index (κ2) is 4.75. The number of rotatable bonds is 1. The van der Waals surface area contributed by atoms with Crippen molar-refractivity contribution in [2.24, 2.45) is 0 Å². The fourth-order valence-corrected chi connectivity index (χ4v) is 2.77. The van der Waals surface area contributed by atoms with E-state index in [0.717, 1.165) is 27.9 Å². The molecule has 2 aromatic carbocycles. The molecule has 20 heavy (non-hydrogen) atoms. The molecule has 0 spiro atoms. The summed E-state index contributed by atoms with van der Waals surface area (Å²) in [4.78, 5) is 12.0. The molecule has 3 heteroatoms. The Balaban J connectivity index is 2.13. The van der Waals surface area contributed by atoms with Gasteiger partial charge in [-0.05, 0) is 48.2 Å². The van der Waals surface area contributed by atoms with Gasteiger partial charge in [-0.25, -0.2) is 4.39 Å². The molecule has 2 nitrogen and oxygen atoms in total. The van der Waals surface area contributed by atoms with E-state index < -0.39 is 0 Å². The van der Waals surface area contributed by atoms with Crippen LogP contribution in [0.15, 0.2) is 36.4 Å². The second-order valence-electron chi connectivity index (χ2n) is 5.33. The summed E-state index contributed by atoms with van der Waals surface area (Å²) < 4.78 is 13.1. The van der Waals surface area contributed by atoms with Crippen LogP contribution in [0.4, 0.5) is 10.1 Å². The van der Waals surface area contributed by atoms with Gasteiger partial charge in [-0.2, -0.15) is 0 Å². The van der Waals surface area contributed by atoms with Crippen molar-refractivity contribution >= 4 is 11.6 Å². The quantitative estimate of drug-likeness (QED) is 0.835. The number of carbonyl (C=O) groups is 1. The van der Waals surface area contributed by atoms with Crippen LogP contribution >= 0.6 is 0 Å². The Hall–Kier alpha value is -2.16. The maximum atomic E-state index is 13.1. The highest BCUT2D eigenvalue weighted by atomic mass is 19.1. The number of fused-ring (bicyclic) bond motifs is 1. The Kier molecular flexibility index (Phi) is 3.05. The number of carbonyl (C=O) groups excluding carboxylic acids is 1. The maximum absolute atomic E-state index is 13.1. The average Bonchev–Trinajstić information content (AvgIpc) is 2.43. The van der Waals surface area contributed by atoms with Gasteiger partial charge in [0.25, 0.3) is 0 Å². The predicted octanol–water partition coefficient (Wildman–Crippen LogP) is 3.92. The van der Waals surface area contributed by atoms with Crippen LogP contribution in [0.1, 0.15) is 34.6 Å². The van der Waals surface area contributed by atoms with Gasteiger partial charge in [0.05, 0.1) is 0 Å². The molecule has 0 aliphatic carbocycles. The SMILES string of the molecule is Cc1ccc2c(c1C)NC(=O)C[C@@H]2c1ccc(F)cc1. The minimum absolute atomic E-state index is 0.00125. The first kappa shape index (κ1) is 12.9. The van der Waals surface area contributed by atoms with Crippen LogP contribution < -0.4 is 5.32 Å². The van der Waals surface area contributed by atoms with Crippen LogP contribution in [0.3, 0.4) is 0 Å². The Morgan fingerprint density at radius 2 is 1.80 bits per heavy atom. The summed E-state index contributed by atoms with van der Waals surface area (Å²) in [6, 6.07) is 10.5. The molecule has 0 fully saturated rings. The number of aryl methyl sites for hydroxylation is 1. The highest BCUT2D eigenvalue weighted by Gasteiger charge is 2.27. The molecule has 1 amide bonds. The van der Waals surface area contributed by atoms with Gasteiger partial charge in [0.15, 0.2) is 0 Å². The van der Waals surface area contributed by atoms with Gasteiger partial charge in [0.1, 0.15) is 5.82 Å². The summed E-state index contributed by atoms with van der Waals surface area (Å²) in [5.74, 6) is -0.242. The first-order valence-corrected chi connectivity index (χ1v) is 6.71. The highest BCUT2D eigenvalue weighted by molar-refractivity contribution is 5.96. The third-order valence-corrected chi connectivity index (χ3v) is 4.07. The van der Waals surface area contributed by atoms with Gasteiger partial charge in [0.2, 0.25) is 5.91 Å². The minimum Gasteiger partial charge on any atom is -0.326 e. The Labute approximate surface area is 117 Å². The molecule has 0 unspecified atom stereocenters. The zero-order chi connectivity index (χ0) is 14.3. The molecule has 0 aromatic heterocycles. The summed E-state index contributed by atoms with van der Waals surface area (Å²) in [5.41, 5.74) is 5.26. The van der Waals surface area contributed by atoms with E-state index in [0.29, 0.717) is 6.42 Å². The summed E-state index contributed by atoms with van der Waals surface area (Å²) in [6.07, 6.45) is 0.404. The molecule has 1 atom stereocenters. The van der Waals surface area contributed by atoms with E-state index in [1.54, 1.807) is 12.1 Å².